The Morgan fingerprint density at radius 3 is 2.33 bits per heavy atom. The molecule has 0 radical (unpaired) electrons. The van der Waals surface area contributed by atoms with Crippen molar-refractivity contribution < 1.29 is 14.3 Å². The summed E-state index contributed by atoms with van der Waals surface area (Å²) in [5.74, 6) is 1.20. The first-order valence-corrected chi connectivity index (χ1v) is 9.84. The van der Waals surface area contributed by atoms with Crippen molar-refractivity contribution in [3.8, 4) is 5.75 Å². The van der Waals surface area contributed by atoms with Gasteiger partial charge < -0.3 is 20.3 Å². The molecule has 0 saturated carbocycles. The SMILES string of the molecule is CNCCC1CCN(C(=O)C(NC(=O)c2ccc(OC)cc2)C(C)C)CC1. The lowest BCUT2D eigenvalue weighted by molar-refractivity contribution is -0.135. The third kappa shape index (κ3) is 5.96. The molecule has 1 fully saturated rings. The summed E-state index contributed by atoms with van der Waals surface area (Å²) in [4.78, 5) is 27.5. The molecule has 0 spiro atoms. The van der Waals surface area contributed by atoms with Crippen molar-refractivity contribution in [2.24, 2.45) is 11.8 Å². The smallest absolute Gasteiger partial charge is 0.251 e. The van der Waals surface area contributed by atoms with Crippen LogP contribution in [-0.4, -0.2) is 56.5 Å². The molecule has 2 N–H and O–H groups in total. The summed E-state index contributed by atoms with van der Waals surface area (Å²) in [6.45, 7) is 6.50. The molecule has 0 aromatic heterocycles. The highest BCUT2D eigenvalue weighted by Gasteiger charge is 2.31. The van der Waals surface area contributed by atoms with Gasteiger partial charge in [0.15, 0.2) is 0 Å². The van der Waals surface area contributed by atoms with Crippen LogP contribution in [0, 0.1) is 11.8 Å². The van der Waals surface area contributed by atoms with Crippen LogP contribution in [0.4, 0.5) is 0 Å². The number of hydrogen-bond donors (Lipinski definition) is 2. The molecule has 1 atom stereocenters. The zero-order valence-electron chi connectivity index (χ0n) is 17.0. The van der Waals surface area contributed by atoms with Crippen LogP contribution in [0.3, 0.4) is 0 Å². The summed E-state index contributed by atoms with van der Waals surface area (Å²) in [5, 5.41) is 6.12. The van der Waals surface area contributed by atoms with Crippen molar-refractivity contribution in [3.05, 3.63) is 29.8 Å². The fourth-order valence-corrected chi connectivity index (χ4v) is 3.47. The fourth-order valence-electron chi connectivity index (χ4n) is 3.47. The lowest BCUT2D eigenvalue weighted by Crippen LogP contribution is -2.53. The van der Waals surface area contributed by atoms with E-state index in [4.69, 9.17) is 4.74 Å². The van der Waals surface area contributed by atoms with Crippen LogP contribution in [0.5, 0.6) is 5.75 Å². The Balaban J connectivity index is 1.95. The summed E-state index contributed by atoms with van der Waals surface area (Å²) in [7, 11) is 3.56. The van der Waals surface area contributed by atoms with Gasteiger partial charge in [0.05, 0.1) is 7.11 Å². The van der Waals surface area contributed by atoms with Crippen molar-refractivity contribution in [1.82, 2.24) is 15.5 Å². The normalized spacial score (nSPS) is 16.3. The van der Waals surface area contributed by atoms with E-state index in [1.54, 1.807) is 31.4 Å². The number of benzene rings is 1. The van der Waals surface area contributed by atoms with E-state index in [-0.39, 0.29) is 17.7 Å². The molecule has 1 aromatic carbocycles. The molecule has 2 rings (SSSR count). The van der Waals surface area contributed by atoms with Crippen LogP contribution in [0.1, 0.15) is 43.5 Å². The van der Waals surface area contributed by atoms with Gasteiger partial charge >= 0.3 is 0 Å². The number of amides is 2. The number of hydrogen-bond acceptors (Lipinski definition) is 4. The number of piperidine rings is 1. The molecule has 2 amide bonds. The number of methoxy groups -OCH3 is 1. The standard InChI is InChI=1S/C21H33N3O3/c1-15(2)19(23-20(25)17-5-7-18(27-4)8-6-17)21(26)24-13-10-16(11-14-24)9-12-22-3/h5-8,15-16,19,22H,9-14H2,1-4H3,(H,23,25). The molecule has 1 saturated heterocycles. The maximum absolute atomic E-state index is 13.0. The summed E-state index contributed by atoms with van der Waals surface area (Å²) in [6, 6.07) is 6.41. The summed E-state index contributed by atoms with van der Waals surface area (Å²) < 4.78 is 5.12. The second-order valence-electron chi connectivity index (χ2n) is 7.58. The molecule has 1 unspecified atom stereocenters. The van der Waals surface area contributed by atoms with E-state index < -0.39 is 6.04 Å². The number of likely N-dealkylation sites (tertiary alicyclic amines) is 1. The molecule has 1 aliphatic heterocycles. The summed E-state index contributed by atoms with van der Waals surface area (Å²) in [6.07, 6.45) is 3.22. The molecular formula is C21H33N3O3. The average molecular weight is 376 g/mol. The zero-order valence-corrected chi connectivity index (χ0v) is 17.0. The maximum Gasteiger partial charge on any atom is 0.251 e. The molecule has 0 aliphatic carbocycles. The Morgan fingerprint density at radius 1 is 1.19 bits per heavy atom. The van der Waals surface area contributed by atoms with Gasteiger partial charge in [0.2, 0.25) is 5.91 Å². The number of rotatable bonds is 8. The third-order valence-corrected chi connectivity index (χ3v) is 5.30. The van der Waals surface area contributed by atoms with Gasteiger partial charge in [-0.05, 0) is 69.0 Å². The van der Waals surface area contributed by atoms with Crippen molar-refractivity contribution in [1.29, 1.82) is 0 Å². The van der Waals surface area contributed by atoms with E-state index in [0.717, 1.165) is 38.9 Å². The Hall–Kier alpha value is -2.08. The zero-order chi connectivity index (χ0) is 19.8. The summed E-state index contributed by atoms with van der Waals surface area (Å²) >= 11 is 0. The lowest BCUT2D eigenvalue weighted by atomic mass is 9.92. The van der Waals surface area contributed by atoms with Crippen LogP contribution in [-0.2, 0) is 4.79 Å². The molecular weight excluding hydrogens is 342 g/mol. The van der Waals surface area contributed by atoms with Gasteiger partial charge in [0.1, 0.15) is 11.8 Å². The van der Waals surface area contributed by atoms with Crippen molar-refractivity contribution in [3.63, 3.8) is 0 Å². The van der Waals surface area contributed by atoms with E-state index in [9.17, 15) is 9.59 Å². The highest BCUT2D eigenvalue weighted by Crippen LogP contribution is 2.21. The Morgan fingerprint density at radius 2 is 1.81 bits per heavy atom. The second kappa shape index (κ2) is 10.3. The van der Waals surface area contributed by atoms with Crippen LogP contribution in [0.15, 0.2) is 24.3 Å². The van der Waals surface area contributed by atoms with Crippen LogP contribution >= 0.6 is 0 Å². The Kier molecular flexibility index (Phi) is 8.10. The monoisotopic (exact) mass is 375 g/mol. The minimum absolute atomic E-state index is 0.0268. The number of ether oxygens (including phenoxy) is 1. The molecule has 1 aromatic rings. The largest absolute Gasteiger partial charge is 0.497 e. The first-order chi connectivity index (χ1) is 13.0. The third-order valence-electron chi connectivity index (χ3n) is 5.30. The van der Waals surface area contributed by atoms with E-state index in [1.165, 1.54) is 0 Å². The average Bonchev–Trinajstić information content (AvgIpc) is 2.70. The predicted molar refractivity (Wildman–Crippen MR) is 107 cm³/mol. The van der Waals surface area contributed by atoms with Gasteiger partial charge in [-0.3, -0.25) is 9.59 Å². The van der Waals surface area contributed by atoms with Gasteiger partial charge in [0, 0.05) is 18.7 Å². The quantitative estimate of drug-likeness (QED) is 0.731. The first kappa shape index (κ1) is 21.2. The number of carbonyl (C=O) groups is 2. The number of carbonyl (C=O) groups excluding carboxylic acids is 2. The lowest BCUT2D eigenvalue weighted by Gasteiger charge is -2.35. The van der Waals surface area contributed by atoms with Crippen LogP contribution in [0.25, 0.3) is 0 Å². The Bertz CT molecular complexity index is 608. The topological polar surface area (TPSA) is 70.7 Å². The van der Waals surface area contributed by atoms with E-state index in [1.807, 2.05) is 25.8 Å². The van der Waals surface area contributed by atoms with Gasteiger partial charge in [-0.1, -0.05) is 13.8 Å². The molecule has 6 heteroatoms. The van der Waals surface area contributed by atoms with Gasteiger partial charge in [-0.15, -0.1) is 0 Å². The minimum atomic E-state index is -0.506. The molecule has 1 heterocycles. The molecule has 0 bridgehead atoms. The van der Waals surface area contributed by atoms with Crippen LogP contribution < -0.4 is 15.4 Å². The number of nitrogens with one attached hydrogen (secondary N) is 2. The second-order valence-corrected chi connectivity index (χ2v) is 7.58. The van der Waals surface area contributed by atoms with Gasteiger partial charge in [-0.2, -0.15) is 0 Å². The van der Waals surface area contributed by atoms with Gasteiger partial charge in [-0.25, -0.2) is 0 Å². The molecule has 27 heavy (non-hydrogen) atoms. The summed E-state index contributed by atoms with van der Waals surface area (Å²) in [5.41, 5.74) is 0.528. The van der Waals surface area contributed by atoms with E-state index in [0.29, 0.717) is 17.2 Å². The number of nitrogens with zero attached hydrogens (tertiary/aromatic N) is 1. The predicted octanol–water partition coefficient (Wildman–Crippen LogP) is 2.30. The minimum Gasteiger partial charge on any atom is -0.497 e. The fraction of sp³-hybridized carbons (Fsp3) is 0.619. The highest BCUT2D eigenvalue weighted by atomic mass is 16.5. The van der Waals surface area contributed by atoms with E-state index in [2.05, 4.69) is 10.6 Å². The Labute approximate surface area is 162 Å². The molecule has 6 nitrogen and oxygen atoms in total. The highest BCUT2D eigenvalue weighted by molar-refractivity contribution is 5.97. The van der Waals surface area contributed by atoms with Crippen molar-refractivity contribution in [2.45, 2.75) is 39.2 Å². The van der Waals surface area contributed by atoms with E-state index >= 15 is 0 Å². The maximum atomic E-state index is 13.0. The first-order valence-electron chi connectivity index (χ1n) is 9.84. The van der Waals surface area contributed by atoms with Crippen molar-refractivity contribution in [2.75, 3.05) is 33.8 Å². The molecule has 1 aliphatic rings. The molecule has 150 valence electrons. The van der Waals surface area contributed by atoms with Crippen molar-refractivity contribution >= 4 is 11.8 Å². The van der Waals surface area contributed by atoms with Gasteiger partial charge in [0.25, 0.3) is 5.91 Å². The van der Waals surface area contributed by atoms with Crippen LogP contribution in [0.2, 0.25) is 0 Å².